The fourth-order valence-corrected chi connectivity index (χ4v) is 1.91. The van der Waals surface area contributed by atoms with Gasteiger partial charge in [-0.1, -0.05) is 12.1 Å². The van der Waals surface area contributed by atoms with Crippen molar-refractivity contribution in [3.63, 3.8) is 0 Å². The molecule has 1 amide bonds. The maximum absolute atomic E-state index is 12.5. The second-order valence-corrected chi connectivity index (χ2v) is 5.01. The van der Waals surface area contributed by atoms with Gasteiger partial charge in [-0.3, -0.25) is 9.59 Å². The summed E-state index contributed by atoms with van der Waals surface area (Å²) in [6.45, 7) is 1.49. The second kappa shape index (κ2) is 7.16. The minimum absolute atomic E-state index is 0.227. The Morgan fingerprint density at radius 1 is 1.17 bits per heavy atom. The molecule has 0 aliphatic carbocycles. The first-order valence-corrected chi connectivity index (χ1v) is 6.99. The van der Waals surface area contributed by atoms with Crippen LogP contribution in [0.1, 0.15) is 22.8 Å². The third kappa shape index (κ3) is 4.58. The van der Waals surface area contributed by atoms with Crippen LogP contribution in [-0.4, -0.2) is 18.3 Å². The van der Waals surface area contributed by atoms with Gasteiger partial charge in [0.05, 0.1) is 5.56 Å². The number of halogens is 3. The first-order chi connectivity index (χ1) is 11.3. The standard InChI is InChI=1S/C17H14F3NO3/c1-11(24-15-4-2-3-12(9-15)10-22)16(23)21-14-7-5-13(6-8-14)17(18,19)20/h2-11H,1H3,(H,21,23)/t11-/m1/s1. The van der Waals surface area contributed by atoms with Gasteiger partial charge < -0.3 is 10.1 Å². The topological polar surface area (TPSA) is 55.4 Å². The van der Waals surface area contributed by atoms with E-state index < -0.39 is 23.8 Å². The number of hydrogen-bond acceptors (Lipinski definition) is 3. The number of amides is 1. The molecule has 0 heterocycles. The maximum Gasteiger partial charge on any atom is 0.416 e. The first kappa shape index (κ1) is 17.5. The summed E-state index contributed by atoms with van der Waals surface area (Å²) in [5, 5.41) is 2.47. The Kier molecular flexibility index (Phi) is 5.23. The fourth-order valence-electron chi connectivity index (χ4n) is 1.91. The van der Waals surface area contributed by atoms with E-state index in [-0.39, 0.29) is 5.69 Å². The lowest BCUT2D eigenvalue weighted by molar-refractivity contribution is -0.137. The summed E-state index contributed by atoms with van der Waals surface area (Å²) in [5.74, 6) is -0.180. The van der Waals surface area contributed by atoms with E-state index in [0.29, 0.717) is 17.6 Å². The minimum atomic E-state index is -4.43. The third-order valence-electron chi connectivity index (χ3n) is 3.16. The molecule has 7 heteroatoms. The molecule has 2 aromatic rings. The van der Waals surface area contributed by atoms with Gasteiger partial charge in [0, 0.05) is 11.3 Å². The van der Waals surface area contributed by atoms with Crippen molar-refractivity contribution < 1.29 is 27.5 Å². The average molecular weight is 337 g/mol. The summed E-state index contributed by atoms with van der Waals surface area (Å²) >= 11 is 0. The molecule has 0 aliphatic heterocycles. The van der Waals surface area contributed by atoms with Crippen molar-refractivity contribution >= 4 is 17.9 Å². The largest absolute Gasteiger partial charge is 0.481 e. The van der Waals surface area contributed by atoms with Gasteiger partial charge >= 0.3 is 6.18 Å². The number of benzene rings is 2. The third-order valence-corrected chi connectivity index (χ3v) is 3.16. The van der Waals surface area contributed by atoms with Crippen LogP contribution >= 0.6 is 0 Å². The summed E-state index contributed by atoms with van der Waals surface area (Å²) in [5.41, 5.74) is -0.164. The highest BCUT2D eigenvalue weighted by molar-refractivity contribution is 5.94. The lowest BCUT2D eigenvalue weighted by Gasteiger charge is -2.15. The van der Waals surface area contributed by atoms with Crippen LogP contribution in [0, 0.1) is 0 Å². The van der Waals surface area contributed by atoms with Crippen LogP contribution in [0.5, 0.6) is 5.75 Å². The van der Waals surface area contributed by atoms with Crippen molar-refractivity contribution in [1.29, 1.82) is 0 Å². The number of rotatable bonds is 5. The molecule has 1 N–H and O–H groups in total. The van der Waals surface area contributed by atoms with E-state index in [0.717, 1.165) is 12.1 Å². The molecule has 24 heavy (non-hydrogen) atoms. The average Bonchev–Trinajstić information content (AvgIpc) is 2.54. The van der Waals surface area contributed by atoms with E-state index in [4.69, 9.17) is 4.74 Å². The van der Waals surface area contributed by atoms with Crippen molar-refractivity contribution in [2.45, 2.75) is 19.2 Å². The number of hydrogen-bond donors (Lipinski definition) is 1. The Labute approximate surface area is 136 Å². The van der Waals surface area contributed by atoms with Crippen LogP contribution in [0.2, 0.25) is 0 Å². The molecule has 0 saturated heterocycles. The molecule has 0 spiro atoms. The zero-order valence-electron chi connectivity index (χ0n) is 12.6. The Bertz CT molecular complexity index is 727. The Balaban J connectivity index is 1.99. The van der Waals surface area contributed by atoms with E-state index in [2.05, 4.69) is 5.32 Å². The van der Waals surface area contributed by atoms with Gasteiger partial charge in [-0.25, -0.2) is 0 Å². The second-order valence-electron chi connectivity index (χ2n) is 5.01. The highest BCUT2D eigenvalue weighted by Crippen LogP contribution is 2.29. The van der Waals surface area contributed by atoms with E-state index in [1.807, 2.05) is 0 Å². The van der Waals surface area contributed by atoms with Crippen LogP contribution in [0.25, 0.3) is 0 Å². The summed E-state index contributed by atoms with van der Waals surface area (Å²) < 4.78 is 42.9. The highest BCUT2D eigenvalue weighted by Gasteiger charge is 2.30. The number of ether oxygens (including phenoxy) is 1. The van der Waals surface area contributed by atoms with Gasteiger partial charge in [-0.2, -0.15) is 13.2 Å². The molecule has 0 aliphatic rings. The van der Waals surface area contributed by atoms with E-state index in [9.17, 15) is 22.8 Å². The molecule has 0 radical (unpaired) electrons. The smallest absolute Gasteiger partial charge is 0.416 e. The fraction of sp³-hybridized carbons (Fsp3) is 0.176. The highest BCUT2D eigenvalue weighted by atomic mass is 19.4. The Hall–Kier alpha value is -2.83. The molecule has 0 aromatic heterocycles. The summed E-state index contributed by atoms with van der Waals surface area (Å²) in [6.07, 6.45) is -4.67. The molecule has 0 fully saturated rings. The molecule has 126 valence electrons. The van der Waals surface area contributed by atoms with Crippen LogP contribution in [0.15, 0.2) is 48.5 Å². The zero-order chi connectivity index (χ0) is 17.7. The molecule has 0 unspecified atom stereocenters. The number of aldehydes is 1. The lowest BCUT2D eigenvalue weighted by atomic mass is 10.2. The van der Waals surface area contributed by atoms with Crippen molar-refractivity contribution in [2.75, 3.05) is 5.32 Å². The van der Waals surface area contributed by atoms with Crippen LogP contribution in [0.3, 0.4) is 0 Å². The maximum atomic E-state index is 12.5. The van der Waals surface area contributed by atoms with Crippen LogP contribution < -0.4 is 10.1 Å². The van der Waals surface area contributed by atoms with E-state index in [1.54, 1.807) is 18.2 Å². The van der Waals surface area contributed by atoms with Crippen molar-refractivity contribution in [3.8, 4) is 5.75 Å². The van der Waals surface area contributed by atoms with Gasteiger partial charge in [0.2, 0.25) is 0 Å². The SMILES string of the molecule is C[C@@H](Oc1cccc(C=O)c1)C(=O)Nc1ccc(C(F)(F)F)cc1. The van der Waals surface area contributed by atoms with Gasteiger partial charge in [0.1, 0.15) is 12.0 Å². The van der Waals surface area contributed by atoms with Gasteiger partial charge in [0.25, 0.3) is 5.91 Å². The van der Waals surface area contributed by atoms with Crippen molar-refractivity contribution in [2.24, 2.45) is 0 Å². The number of anilines is 1. The van der Waals surface area contributed by atoms with E-state index >= 15 is 0 Å². The van der Waals surface area contributed by atoms with Gasteiger partial charge in [-0.05, 0) is 43.3 Å². The molecule has 0 saturated carbocycles. The molecular weight excluding hydrogens is 323 g/mol. The lowest BCUT2D eigenvalue weighted by Crippen LogP contribution is -2.30. The molecular formula is C17H14F3NO3. The first-order valence-electron chi connectivity index (χ1n) is 6.99. The number of carbonyl (C=O) groups is 2. The van der Waals surface area contributed by atoms with Gasteiger partial charge in [0.15, 0.2) is 6.10 Å². The van der Waals surface area contributed by atoms with Crippen molar-refractivity contribution in [1.82, 2.24) is 0 Å². The van der Waals surface area contributed by atoms with E-state index in [1.165, 1.54) is 25.1 Å². The molecule has 4 nitrogen and oxygen atoms in total. The van der Waals surface area contributed by atoms with Crippen molar-refractivity contribution in [3.05, 3.63) is 59.7 Å². The predicted molar refractivity (Wildman–Crippen MR) is 82.0 cm³/mol. The number of nitrogens with one attached hydrogen (secondary N) is 1. The monoisotopic (exact) mass is 337 g/mol. The number of carbonyl (C=O) groups excluding carboxylic acids is 2. The Morgan fingerprint density at radius 2 is 1.83 bits per heavy atom. The van der Waals surface area contributed by atoms with Crippen LogP contribution in [-0.2, 0) is 11.0 Å². The van der Waals surface area contributed by atoms with Gasteiger partial charge in [-0.15, -0.1) is 0 Å². The summed E-state index contributed by atoms with van der Waals surface area (Å²) in [6, 6.07) is 10.4. The van der Waals surface area contributed by atoms with Crippen LogP contribution in [0.4, 0.5) is 18.9 Å². The summed E-state index contributed by atoms with van der Waals surface area (Å²) in [4.78, 5) is 22.7. The summed E-state index contributed by atoms with van der Waals surface area (Å²) in [7, 11) is 0. The minimum Gasteiger partial charge on any atom is -0.481 e. The molecule has 2 aromatic carbocycles. The molecule has 2 rings (SSSR count). The zero-order valence-corrected chi connectivity index (χ0v) is 12.6. The Morgan fingerprint density at radius 3 is 2.42 bits per heavy atom. The quantitative estimate of drug-likeness (QED) is 0.841. The predicted octanol–water partition coefficient (Wildman–Crippen LogP) is 3.92. The number of alkyl halides is 3. The normalized spacial score (nSPS) is 12.3. The molecule has 1 atom stereocenters. The molecule has 0 bridgehead atoms.